The minimum Gasteiger partial charge on any atom is -0.468 e. The van der Waals surface area contributed by atoms with Gasteiger partial charge < -0.3 is 19.2 Å². The molecule has 0 amide bonds. The van der Waals surface area contributed by atoms with E-state index < -0.39 is 0 Å². The number of para-hydroxylation sites is 1. The molecule has 0 saturated heterocycles. The Hall–Kier alpha value is -1.89. The number of carbonyl (C=O) groups is 1. The molecule has 1 aliphatic heterocycles. The number of ether oxygens (including phenoxy) is 3. The Bertz CT molecular complexity index is 693. The number of fused-ring (bicyclic) bond motifs is 3. The summed E-state index contributed by atoms with van der Waals surface area (Å²) in [5.74, 6) is -0.252. The quantitative estimate of drug-likeness (QED) is 0.651. The average molecular weight is 318 g/mol. The first-order valence-electron chi connectivity index (χ1n) is 7.66. The van der Waals surface area contributed by atoms with E-state index in [2.05, 4.69) is 16.4 Å². The van der Waals surface area contributed by atoms with Gasteiger partial charge in [-0.15, -0.1) is 0 Å². The fourth-order valence-corrected chi connectivity index (χ4v) is 3.29. The van der Waals surface area contributed by atoms with Gasteiger partial charge in [0.25, 0.3) is 0 Å². The number of aromatic nitrogens is 1. The highest BCUT2D eigenvalue weighted by molar-refractivity contribution is 5.87. The van der Waals surface area contributed by atoms with E-state index in [0.29, 0.717) is 12.8 Å². The first kappa shape index (κ1) is 16.0. The number of carbonyl (C=O) groups excluding carboxylic acids is 1. The largest absolute Gasteiger partial charge is 0.468 e. The molecule has 1 aromatic carbocycles. The van der Waals surface area contributed by atoms with E-state index in [-0.39, 0.29) is 24.3 Å². The number of aromatic amines is 1. The predicted octanol–water partition coefficient (Wildman–Crippen LogP) is 1.91. The van der Waals surface area contributed by atoms with Crippen molar-refractivity contribution in [3.8, 4) is 0 Å². The molecule has 2 aromatic rings. The molecule has 0 radical (unpaired) electrons. The molecular formula is C17H22N2O4. The molecule has 3 rings (SSSR count). The molecule has 0 bridgehead atoms. The number of benzene rings is 1. The van der Waals surface area contributed by atoms with Crippen LogP contribution in [0.4, 0.5) is 0 Å². The van der Waals surface area contributed by atoms with Gasteiger partial charge in [0.15, 0.2) is 6.29 Å². The van der Waals surface area contributed by atoms with Crippen LogP contribution in [-0.4, -0.2) is 44.6 Å². The lowest BCUT2D eigenvalue weighted by Crippen LogP contribution is -2.46. The minimum absolute atomic E-state index is 0.0693. The Morgan fingerprint density at radius 1 is 1.26 bits per heavy atom. The van der Waals surface area contributed by atoms with Gasteiger partial charge in [0.2, 0.25) is 0 Å². The molecule has 2 N–H and O–H groups in total. The third-order valence-corrected chi connectivity index (χ3v) is 4.45. The van der Waals surface area contributed by atoms with Gasteiger partial charge >= 0.3 is 5.97 Å². The van der Waals surface area contributed by atoms with Crippen molar-refractivity contribution in [2.24, 2.45) is 0 Å². The number of esters is 1. The van der Waals surface area contributed by atoms with Crippen molar-refractivity contribution in [3.05, 3.63) is 35.5 Å². The molecular weight excluding hydrogens is 296 g/mol. The Morgan fingerprint density at radius 3 is 2.70 bits per heavy atom. The van der Waals surface area contributed by atoms with E-state index in [1.54, 1.807) is 14.2 Å². The van der Waals surface area contributed by atoms with E-state index in [1.165, 1.54) is 7.11 Å². The molecule has 2 heterocycles. The SMILES string of the molecule is COC(=O)C1Cc2c([nH]c3ccccc23)C(CC(OC)OC)N1. The summed E-state index contributed by atoms with van der Waals surface area (Å²) < 4.78 is 15.6. The molecule has 1 aliphatic rings. The number of rotatable bonds is 5. The molecule has 0 fully saturated rings. The predicted molar refractivity (Wildman–Crippen MR) is 86.1 cm³/mol. The van der Waals surface area contributed by atoms with Crippen molar-refractivity contribution in [1.82, 2.24) is 10.3 Å². The second-order valence-corrected chi connectivity index (χ2v) is 5.70. The van der Waals surface area contributed by atoms with Gasteiger partial charge in [-0.1, -0.05) is 18.2 Å². The molecule has 0 aliphatic carbocycles. The van der Waals surface area contributed by atoms with E-state index >= 15 is 0 Å². The number of hydrogen-bond donors (Lipinski definition) is 2. The van der Waals surface area contributed by atoms with Crippen LogP contribution in [0.5, 0.6) is 0 Å². The van der Waals surface area contributed by atoms with Crippen LogP contribution in [0.1, 0.15) is 23.7 Å². The number of nitrogens with one attached hydrogen (secondary N) is 2. The first-order valence-corrected chi connectivity index (χ1v) is 7.66. The van der Waals surface area contributed by atoms with Gasteiger partial charge in [-0.05, 0) is 11.6 Å². The van der Waals surface area contributed by atoms with E-state index in [9.17, 15) is 4.79 Å². The lowest BCUT2D eigenvalue weighted by molar-refractivity contribution is -0.144. The summed E-state index contributed by atoms with van der Waals surface area (Å²) in [5.41, 5.74) is 3.32. The summed E-state index contributed by atoms with van der Waals surface area (Å²) in [6.07, 6.45) is 0.858. The Kier molecular flexibility index (Phi) is 4.66. The second kappa shape index (κ2) is 6.70. The van der Waals surface area contributed by atoms with Crippen molar-refractivity contribution in [3.63, 3.8) is 0 Å². The number of hydrogen-bond acceptors (Lipinski definition) is 5. The molecule has 6 nitrogen and oxygen atoms in total. The Balaban J connectivity index is 2.00. The third kappa shape index (κ3) is 2.97. The normalized spacial score (nSPS) is 20.7. The molecule has 23 heavy (non-hydrogen) atoms. The maximum atomic E-state index is 12.0. The van der Waals surface area contributed by atoms with Crippen molar-refractivity contribution >= 4 is 16.9 Å². The fourth-order valence-electron chi connectivity index (χ4n) is 3.29. The summed E-state index contributed by atoms with van der Waals surface area (Å²) in [4.78, 5) is 15.5. The van der Waals surface area contributed by atoms with Gasteiger partial charge in [-0.3, -0.25) is 10.1 Å². The van der Waals surface area contributed by atoms with Crippen molar-refractivity contribution < 1.29 is 19.0 Å². The summed E-state index contributed by atoms with van der Waals surface area (Å²) in [5, 5.41) is 4.50. The van der Waals surface area contributed by atoms with Gasteiger partial charge in [-0.2, -0.15) is 0 Å². The van der Waals surface area contributed by atoms with Crippen LogP contribution in [0.3, 0.4) is 0 Å². The van der Waals surface area contributed by atoms with E-state index in [1.807, 2.05) is 18.2 Å². The molecule has 1 aromatic heterocycles. The smallest absolute Gasteiger partial charge is 0.323 e. The van der Waals surface area contributed by atoms with Gasteiger partial charge in [0.05, 0.1) is 13.2 Å². The van der Waals surface area contributed by atoms with Gasteiger partial charge in [-0.25, -0.2) is 0 Å². The standard InChI is InChI=1S/C17H22N2O4/c1-21-15(22-2)9-13-16-11(8-14(18-13)17(20)23-3)10-6-4-5-7-12(10)19-16/h4-7,13-15,18-19H,8-9H2,1-3H3. The van der Waals surface area contributed by atoms with Crippen LogP contribution in [-0.2, 0) is 25.4 Å². The molecule has 2 atom stereocenters. The summed E-state index contributed by atoms with van der Waals surface area (Å²) in [6, 6.07) is 7.69. The second-order valence-electron chi connectivity index (χ2n) is 5.70. The van der Waals surface area contributed by atoms with Gasteiger partial charge in [0, 0.05) is 43.7 Å². The first-order chi connectivity index (χ1) is 11.2. The Labute approximate surface area is 135 Å². The molecule has 0 spiro atoms. The van der Waals surface area contributed by atoms with Crippen LogP contribution >= 0.6 is 0 Å². The van der Waals surface area contributed by atoms with Crippen molar-refractivity contribution in [2.45, 2.75) is 31.2 Å². The van der Waals surface area contributed by atoms with E-state index in [4.69, 9.17) is 14.2 Å². The lowest BCUT2D eigenvalue weighted by Gasteiger charge is -2.31. The molecule has 2 unspecified atom stereocenters. The zero-order chi connectivity index (χ0) is 16.4. The monoisotopic (exact) mass is 318 g/mol. The summed E-state index contributed by atoms with van der Waals surface area (Å²) >= 11 is 0. The van der Waals surface area contributed by atoms with Crippen molar-refractivity contribution in [1.29, 1.82) is 0 Å². The summed E-state index contributed by atoms with van der Waals surface area (Å²) in [6.45, 7) is 0. The topological polar surface area (TPSA) is 72.6 Å². The maximum absolute atomic E-state index is 12.0. The summed E-state index contributed by atoms with van der Waals surface area (Å²) in [7, 11) is 4.64. The average Bonchev–Trinajstić information content (AvgIpc) is 2.97. The highest BCUT2D eigenvalue weighted by Crippen LogP contribution is 2.34. The molecule has 124 valence electrons. The van der Waals surface area contributed by atoms with Crippen molar-refractivity contribution in [2.75, 3.05) is 21.3 Å². The minimum atomic E-state index is -0.369. The van der Waals surface area contributed by atoms with E-state index in [0.717, 1.165) is 22.2 Å². The fraction of sp³-hybridized carbons (Fsp3) is 0.471. The van der Waals surface area contributed by atoms with Crippen LogP contribution in [0, 0.1) is 0 Å². The maximum Gasteiger partial charge on any atom is 0.323 e. The number of methoxy groups -OCH3 is 3. The number of H-pyrrole nitrogens is 1. The van der Waals surface area contributed by atoms with Crippen LogP contribution in [0.25, 0.3) is 10.9 Å². The Morgan fingerprint density at radius 2 is 2.00 bits per heavy atom. The molecule has 0 saturated carbocycles. The highest BCUT2D eigenvalue weighted by Gasteiger charge is 2.34. The van der Waals surface area contributed by atoms with Crippen LogP contribution < -0.4 is 5.32 Å². The zero-order valence-electron chi connectivity index (χ0n) is 13.6. The van der Waals surface area contributed by atoms with Crippen LogP contribution in [0.2, 0.25) is 0 Å². The molecule has 6 heteroatoms. The highest BCUT2D eigenvalue weighted by atomic mass is 16.7. The zero-order valence-corrected chi connectivity index (χ0v) is 13.6. The lowest BCUT2D eigenvalue weighted by atomic mass is 9.92. The van der Waals surface area contributed by atoms with Gasteiger partial charge in [0.1, 0.15) is 6.04 Å². The van der Waals surface area contributed by atoms with Crippen LogP contribution in [0.15, 0.2) is 24.3 Å². The third-order valence-electron chi connectivity index (χ3n) is 4.45.